The molecule has 2 fully saturated rings. The Bertz CT molecular complexity index is 367. The lowest BCUT2D eigenvalue weighted by atomic mass is 10.1. The molecule has 2 heterocycles. The first kappa shape index (κ1) is 8.12. The van der Waals surface area contributed by atoms with Gasteiger partial charge in [-0.1, -0.05) is 6.07 Å². The fraction of sp³-hybridized carbons (Fsp3) is 0.455. The number of carbonyl (C=O) groups excluding carboxylic acids is 1. The Morgan fingerprint density at radius 2 is 2.21 bits per heavy atom. The summed E-state index contributed by atoms with van der Waals surface area (Å²) in [5, 5.41) is 3.35. The van der Waals surface area contributed by atoms with Gasteiger partial charge in [-0.25, -0.2) is 0 Å². The summed E-state index contributed by atoms with van der Waals surface area (Å²) in [7, 11) is 0. The lowest BCUT2D eigenvalue weighted by molar-refractivity contribution is 0.111. The summed E-state index contributed by atoms with van der Waals surface area (Å²) >= 11 is 0. The van der Waals surface area contributed by atoms with Crippen molar-refractivity contribution in [2.24, 2.45) is 11.8 Å². The highest BCUT2D eigenvalue weighted by Gasteiger charge is 2.54. The Kier molecular flexibility index (Phi) is 1.67. The molecule has 1 saturated heterocycles. The van der Waals surface area contributed by atoms with Crippen molar-refractivity contribution in [3.63, 3.8) is 0 Å². The highest BCUT2D eigenvalue weighted by atomic mass is 16.1. The number of rotatable bonds is 2. The zero-order valence-corrected chi connectivity index (χ0v) is 7.81. The summed E-state index contributed by atoms with van der Waals surface area (Å²) in [6.07, 6.45) is 2.56. The number of fused-ring (bicyclic) bond motifs is 1. The smallest absolute Gasteiger partial charge is 0.168 e. The van der Waals surface area contributed by atoms with Crippen LogP contribution in [0.15, 0.2) is 18.3 Å². The molecule has 3 nitrogen and oxygen atoms in total. The minimum Gasteiger partial charge on any atom is -0.316 e. The number of hydrogen-bond donors (Lipinski definition) is 1. The van der Waals surface area contributed by atoms with Crippen molar-refractivity contribution in [3.05, 3.63) is 29.6 Å². The molecule has 1 aromatic heterocycles. The van der Waals surface area contributed by atoms with E-state index in [2.05, 4.69) is 10.3 Å². The topological polar surface area (TPSA) is 42.0 Å². The number of pyridine rings is 1. The number of piperidine rings is 1. The van der Waals surface area contributed by atoms with E-state index in [0.29, 0.717) is 11.6 Å². The predicted octanol–water partition coefficient (Wildman–Crippen LogP) is 0.827. The number of aldehydes is 1. The maximum absolute atomic E-state index is 10.8. The molecule has 1 saturated carbocycles. The minimum atomic E-state index is 0.588. The SMILES string of the molecule is O=Cc1ncccc1C1C2CNCC21. The monoisotopic (exact) mass is 188 g/mol. The Morgan fingerprint density at radius 1 is 1.43 bits per heavy atom. The second-order valence-corrected chi connectivity index (χ2v) is 4.11. The number of aromatic nitrogens is 1. The first-order valence-electron chi connectivity index (χ1n) is 5.02. The second kappa shape index (κ2) is 2.89. The molecule has 0 radical (unpaired) electrons. The second-order valence-electron chi connectivity index (χ2n) is 4.11. The van der Waals surface area contributed by atoms with Crippen LogP contribution in [0.3, 0.4) is 0 Å². The van der Waals surface area contributed by atoms with Crippen LogP contribution in [-0.2, 0) is 0 Å². The third-order valence-electron chi connectivity index (χ3n) is 3.43. The van der Waals surface area contributed by atoms with Crippen LogP contribution in [0.4, 0.5) is 0 Å². The molecular formula is C11H12N2O. The molecule has 1 aromatic rings. The van der Waals surface area contributed by atoms with Crippen LogP contribution in [0.25, 0.3) is 0 Å². The summed E-state index contributed by atoms with van der Waals surface area (Å²) in [6.45, 7) is 2.20. The highest BCUT2D eigenvalue weighted by molar-refractivity contribution is 5.75. The van der Waals surface area contributed by atoms with Crippen LogP contribution < -0.4 is 5.32 Å². The summed E-state index contributed by atoms with van der Waals surface area (Å²) < 4.78 is 0. The normalized spacial score (nSPS) is 33.9. The van der Waals surface area contributed by atoms with Crippen LogP contribution in [0.2, 0.25) is 0 Å². The molecule has 0 amide bonds. The van der Waals surface area contributed by atoms with Gasteiger partial charge in [0, 0.05) is 6.20 Å². The summed E-state index contributed by atoms with van der Waals surface area (Å²) in [5.74, 6) is 2.08. The van der Waals surface area contributed by atoms with Crippen molar-refractivity contribution in [1.82, 2.24) is 10.3 Å². The average molecular weight is 188 g/mol. The van der Waals surface area contributed by atoms with Crippen LogP contribution in [0.1, 0.15) is 22.0 Å². The van der Waals surface area contributed by atoms with Crippen molar-refractivity contribution < 1.29 is 4.79 Å². The quantitative estimate of drug-likeness (QED) is 0.699. The fourth-order valence-corrected chi connectivity index (χ4v) is 2.69. The van der Waals surface area contributed by atoms with Gasteiger partial charge < -0.3 is 5.32 Å². The van der Waals surface area contributed by atoms with Gasteiger partial charge in [0.15, 0.2) is 6.29 Å². The molecule has 0 spiro atoms. The minimum absolute atomic E-state index is 0.588. The Balaban J connectivity index is 1.94. The standard InChI is InChI=1S/C11H12N2O/c14-6-10-7(2-1-3-13-10)11-8-4-12-5-9(8)11/h1-3,6,8-9,11-12H,4-5H2. The third-order valence-corrected chi connectivity index (χ3v) is 3.43. The van der Waals surface area contributed by atoms with Gasteiger partial charge >= 0.3 is 0 Å². The number of carbonyl (C=O) groups is 1. The molecule has 14 heavy (non-hydrogen) atoms. The molecule has 1 aliphatic heterocycles. The molecular weight excluding hydrogens is 176 g/mol. The van der Waals surface area contributed by atoms with Crippen LogP contribution in [0, 0.1) is 11.8 Å². The third kappa shape index (κ3) is 1.02. The van der Waals surface area contributed by atoms with Crippen LogP contribution >= 0.6 is 0 Å². The van der Waals surface area contributed by atoms with Gasteiger partial charge in [0.2, 0.25) is 0 Å². The van der Waals surface area contributed by atoms with E-state index in [1.165, 1.54) is 0 Å². The molecule has 0 bridgehead atoms. The van der Waals surface area contributed by atoms with E-state index in [4.69, 9.17) is 0 Å². The fourth-order valence-electron chi connectivity index (χ4n) is 2.69. The van der Waals surface area contributed by atoms with Crippen molar-refractivity contribution >= 4 is 6.29 Å². The number of hydrogen-bond acceptors (Lipinski definition) is 3. The first-order chi connectivity index (χ1) is 6.92. The van der Waals surface area contributed by atoms with E-state index < -0.39 is 0 Å². The summed E-state index contributed by atoms with van der Waals surface area (Å²) in [4.78, 5) is 14.9. The predicted molar refractivity (Wildman–Crippen MR) is 52.2 cm³/mol. The van der Waals surface area contributed by atoms with Crippen LogP contribution in [0.5, 0.6) is 0 Å². The molecule has 2 atom stereocenters. The van der Waals surface area contributed by atoms with Gasteiger partial charge in [-0.2, -0.15) is 0 Å². The Labute approximate surface area is 82.5 Å². The maximum Gasteiger partial charge on any atom is 0.168 e. The molecule has 0 aromatic carbocycles. The molecule has 1 N–H and O–H groups in total. The molecule has 3 heteroatoms. The van der Waals surface area contributed by atoms with E-state index in [1.54, 1.807) is 6.20 Å². The van der Waals surface area contributed by atoms with Crippen molar-refractivity contribution in [2.45, 2.75) is 5.92 Å². The van der Waals surface area contributed by atoms with Crippen molar-refractivity contribution in [1.29, 1.82) is 0 Å². The summed E-state index contributed by atoms with van der Waals surface area (Å²) in [5.41, 5.74) is 1.78. The highest BCUT2D eigenvalue weighted by Crippen LogP contribution is 2.56. The van der Waals surface area contributed by atoms with Crippen molar-refractivity contribution in [3.8, 4) is 0 Å². The zero-order chi connectivity index (χ0) is 9.54. The lowest BCUT2D eigenvalue weighted by Gasteiger charge is -2.05. The first-order valence-corrected chi connectivity index (χ1v) is 5.02. The molecule has 1 aliphatic carbocycles. The number of nitrogens with zero attached hydrogens (tertiary/aromatic N) is 1. The molecule has 72 valence electrons. The lowest BCUT2D eigenvalue weighted by Crippen LogP contribution is -2.14. The van der Waals surface area contributed by atoms with E-state index in [1.807, 2.05) is 12.1 Å². The van der Waals surface area contributed by atoms with Gasteiger partial charge in [0.1, 0.15) is 5.69 Å². The molecule has 3 rings (SSSR count). The summed E-state index contributed by atoms with van der Waals surface area (Å²) in [6, 6.07) is 3.96. The Morgan fingerprint density at radius 3 is 2.93 bits per heavy atom. The van der Waals surface area contributed by atoms with Gasteiger partial charge in [-0.05, 0) is 42.5 Å². The van der Waals surface area contributed by atoms with E-state index in [-0.39, 0.29) is 0 Å². The zero-order valence-electron chi connectivity index (χ0n) is 7.81. The van der Waals surface area contributed by atoms with E-state index in [9.17, 15) is 4.79 Å². The molecule has 2 aliphatic rings. The van der Waals surface area contributed by atoms with Crippen molar-refractivity contribution in [2.75, 3.05) is 13.1 Å². The average Bonchev–Trinajstić information content (AvgIpc) is 2.70. The van der Waals surface area contributed by atoms with Gasteiger partial charge in [0.25, 0.3) is 0 Å². The number of nitrogens with one attached hydrogen (secondary N) is 1. The van der Waals surface area contributed by atoms with Gasteiger partial charge in [0.05, 0.1) is 0 Å². The molecule has 2 unspecified atom stereocenters. The Hall–Kier alpha value is -1.22. The van der Waals surface area contributed by atoms with Crippen LogP contribution in [-0.4, -0.2) is 24.4 Å². The van der Waals surface area contributed by atoms with E-state index in [0.717, 1.165) is 36.8 Å². The maximum atomic E-state index is 10.8. The van der Waals surface area contributed by atoms with Gasteiger partial charge in [-0.15, -0.1) is 0 Å². The largest absolute Gasteiger partial charge is 0.316 e. The van der Waals surface area contributed by atoms with Gasteiger partial charge in [-0.3, -0.25) is 9.78 Å². The van der Waals surface area contributed by atoms with E-state index >= 15 is 0 Å².